The van der Waals surface area contributed by atoms with Crippen LogP contribution in [-0.4, -0.2) is 24.9 Å². The van der Waals surface area contributed by atoms with E-state index in [1.807, 2.05) is 30.3 Å². The maximum Gasteiger partial charge on any atom is 0.174 e. The van der Waals surface area contributed by atoms with E-state index in [1.165, 1.54) is 0 Å². The largest absolute Gasteiger partial charge is 0.479 e. The van der Waals surface area contributed by atoms with E-state index in [2.05, 4.69) is 12.2 Å². The number of aliphatic hydroxyl groups excluding tert-OH is 1. The van der Waals surface area contributed by atoms with Gasteiger partial charge in [-0.2, -0.15) is 5.26 Å². The van der Waals surface area contributed by atoms with Gasteiger partial charge < -0.3 is 15.2 Å². The quantitative estimate of drug-likeness (QED) is 0.669. The van der Waals surface area contributed by atoms with E-state index < -0.39 is 0 Å². The zero-order valence-corrected chi connectivity index (χ0v) is 11.4. The van der Waals surface area contributed by atoms with Gasteiger partial charge in [0.1, 0.15) is 11.8 Å². The number of aliphatic hydroxyl groups is 1. The molecule has 0 bridgehead atoms. The Morgan fingerprint density at radius 3 is 3.05 bits per heavy atom. The van der Waals surface area contributed by atoms with E-state index in [0.29, 0.717) is 5.92 Å². The van der Waals surface area contributed by atoms with Crippen LogP contribution in [0.2, 0.25) is 0 Å². The molecule has 0 aliphatic carbocycles. The Hall–Kier alpha value is -1.57. The average Bonchev–Trinajstić information content (AvgIpc) is 2.45. The highest BCUT2D eigenvalue weighted by molar-refractivity contribution is 5.28. The smallest absolute Gasteiger partial charge is 0.174 e. The van der Waals surface area contributed by atoms with Gasteiger partial charge in [-0.3, -0.25) is 0 Å². The number of benzene rings is 1. The van der Waals surface area contributed by atoms with Gasteiger partial charge >= 0.3 is 0 Å². The van der Waals surface area contributed by atoms with E-state index >= 15 is 0 Å². The fourth-order valence-electron chi connectivity index (χ4n) is 1.76. The summed E-state index contributed by atoms with van der Waals surface area (Å²) in [6, 6.07) is 9.71. The van der Waals surface area contributed by atoms with Crippen LogP contribution in [-0.2, 0) is 6.54 Å². The predicted octanol–water partition coefficient (Wildman–Crippen LogP) is 2.09. The minimum atomic E-state index is 0.0793. The van der Waals surface area contributed by atoms with E-state index in [-0.39, 0.29) is 13.2 Å². The number of hydrogen-bond donors (Lipinski definition) is 2. The third-order valence-electron chi connectivity index (χ3n) is 2.89. The van der Waals surface area contributed by atoms with Gasteiger partial charge in [0.25, 0.3) is 0 Å². The maximum atomic E-state index is 8.91. The number of nitrogens with one attached hydrogen (secondary N) is 1. The molecule has 0 aliphatic heterocycles. The molecule has 104 valence electrons. The molecule has 2 N–H and O–H groups in total. The number of nitrogens with zero attached hydrogens (tertiary/aromatic N) is 1. The Morgan fingerprint density at radius 1 is 1.47 bits per heavy atom. The SMILES string of the molecule is CC(CO)CCCNCc1cccc(OCC#N)c1. The highest BCUT2D eigenvalue weighted by Gasteiger charge is 2.00. The highest BCUT2D eigenvalue weighted by Crippen LogP contribution is 2.13. The highest BCUT2D eigenvalue weighted by atomic mass is 16.5. The summed E-state index contributed by atoms with van der Waals surface area (Å²) in [7, 11) is 0. The fourth-order valence-corrected chi connectivity index (χ4v) is 1.76. The molecular weight excluding hydrogens is 240 g/mol. The molecule has 1 unspecified atom stereocenters. The van der Waals surface area contributed by atoms with Gasteiger partial charge in [-0.1, -0.05) is 19.1 Å². The van der Waals surface area contributed by atoms with E-state index in [0.717, 1.165) is 37.2 Å². The van der Waals surface area contributed by atoms with Crippen molar-refractivity contribution >= 4 is 0 Å². The summed E-state index contributed by atoms with van der Waals surface area (Å²) in [4.78, 5) is 0. The summed E-state index contributed by atoms with van der Waals surface area (Å²) in [6.07, 6.45) is 2.10. The van der Waals surface area contributed by atoms with Crippen LogP contribution in [0.1, 0.15) is 25.3 Å². The lowest BCUT2D eigenvalue weighted by Gasteiger charge is -2.09. The third kappa shape index (κ3) is 6.80. The molecule has 1 aromatic rings. The van der Waals surface area contributed by atoms with Crippen molar-refractivity contribution in [2.75, 3.05) is 19.8 Å². The minimum Gasteiger partial charge on any atom is -0.479 e. The van der Waals surface area contributed by atoms with Gasteiger partial charge in [0.2, 0.25) is 0 Å². The van der Waals surface area contributed by atoms with Gasteiger partial charge in [-0.25, -0.2) is 0 Å². The predicted molar refractivity (Wildman–Crippen MR) is 74.7 cm³/mol. The molecule has 0 saturated heterocycles. The standard InChI is InChI=1S/C15H22N2O2/c1-13(12-18)4-3-8-17-11-14-5-2-6-15(10-14)19-9-7-16/h2,5-6,10,13,17-18H,3-4,8-9,11-12H2,1H3. The molecule has 0 radical (unpaired) electrons. The van der Waals surface area contributed by atoms with Crippen molar-refractivity contribution in [2.24, 2.45) is 5.92 Å². The Balaban J connectivity index is 2.24. The van der Waals surface area contributed by atoms with E-state index in [4.69, 9.17) is 15.1 Å². The monoisotopic (exact) mass is 262 g/mol. The van der Waals surface area contributed by atoms with Crippen LogP contribution in [0.4, 0.5) is 0 Å². The van der Waals surface area contributed by atoms with E-state index in [9.17, 15) is 0 Å². The van der Waals surface area contributed by atoms with Crippen molar-refractivity contribution in [1.82, 2.24) is 5.32 Å². The molecule has 0 amide bonds. The first-order valence-corrected chi connectivity index (χ1v) is 6.66. The molecule has 4 heteroatoms. The molecular formula is C15H22N2O2. The van der Waals surface area contributed by atoms with Crippen molar-refractivity contribution in [1.29, 1.82) is 5.26 Å². The van der Waals surface area contributed by atoms with Crippen LogP contribution < -0.4 is 10.1 Å². The van der Waals surface area contributed by atoms with Gasteiger partial charge in [-0.15, -0.1) is 0 Å². The van der Waals surface area contributed by atoms with Gasteiger partial charge in [0.05, 0.1) is 0 Å². The van der Waals surface area contributed by atoms with Gasteiger partial charge in [-0.05, 0) is 43.0 Å². The van der Waals surface area contributed by atoms with Crippen molar-refractivity contribution in [3.63, 3.8) is 0 Å². The molecule has 0 fully saturated rings. The fraction of sp³-hybridized carbons (Fsp3) is 0.533. The van der Waals surface area contributed by atoms with E-state index in [1.54, 1.807) is 0 Å². The van der Waals surface area contributed by atoms with Crippen LogP contribution >= 0.6 is 0 Å². The zero-order chi connectivity index (χ0) is 13.9. The average molecular weight is 262 g/mol. The molecule has 0 aromatic heterocycles. The second kappa shape index (κ2) is 9.37. The van der Waals surface area contributed by atoms with Crippen molar-refractivity contribution < 1.29 is 9.84 Å². The summed E-state index contributed by atoms with van der Waals surface area (Å²) in [6.45, 7) is 4.12. The lowest BCUT2D eigenvalue weighted by atomic mass is 10.1. The summed E-state index contributed by atoms with van der Waals surface area (Å²) < 4.78 is 5.25. The lowest BCUT2D eigenvalue weighted by molar-refractivity contribution is 0.228. The summed E-state index contributed by atoms with van der Waals surface area (Å²) in [5.41, 5.74) is 1.14. The molecule has 0 heterocycles. The van der Waals surface area contributed by atoms with Crippen molar-refractivity contribution in [3.8, 4) is 11.8 Å². The number of rotatable bonds is 9. The van der Waals surface area contributed by atoms with Crippen LogP contribution in [0.3, 0.4) is 0 Å². The molecule has 4 nitrogen and oxygen atoms in total. The van der Waals surface area contributed by atoms with Crippen LogP contribution in [0.15, 0.2) is 24.3 Å². The lowest BCUT2D eigenvalue weighted by Crippen LogP contribution is -2.16. The summed E-state index contributed by atoms with van der Waals surface area (Å²) in [5.74, 6) is 1.11. The second-order valence-electron chi connectivity index (χ2n) is 4.70. The Bertz CT molecular complexity index is 401. The number of ether oxygens (including phenoxy) is 1. The second-order valence-corrected chi connectivity index (χ2v) is 4.70. The Labute approximate surface area is 115 Å². The Morgan fingerprint density at radius 2 is 2.32 bits per heavy atom. The summed E-state index contributed by atoms with van der Waals surface area (Å²) >= 11 is 0. The van der Waals surface area contributed by atoms with Crippen LogP contribution in [0.5, 0.6) is 5.75 Å². The number of hydrogen-bond acceptors (Lipinski definition) is 4. The topological polar surface area (TPSA) is 65.3 Å². The molecule has 0 aliphatic rings. The van der Waals surface area contributed by atoms with Gasteiger partial charge in [0, 0.05) is 13.2 Å². The summed E-state index contributed by atoms with van der Waals surface area (Å²) in [5, 5.41) is 20.7. The first kappa shape index (κ1) is 15.5. The van der Waals surface area contributed by atoms with Crippen LogP contribution in [0.25, 0.3) is 0 Å². The molecule has 1 rings (SSSR count). The zero-order valence-electron chi connectivity index (χ0n) is 11.4. The van der Waals surface area contributed by atoms with Crippen molar-refractivity contribution in [2.45, 2.75) is 26.3 Å². The number of nitriles is 1. The first-order chi connectivity index (χ1) is 9.26. The van der Waals surface area contributed by atoms with Crippen molar-refractivity contribution in [3.05, 3.63) is 29.8 Å². The minimum absolute atomic E-state index is 0.0793. The first-order valence-electron chi connectivity index (χ1n) is 6.66. The van der Waals surface area contributed by atoms with Crippen LogP contribution in [0, 0.1) is 17.2 Å². The molecule has 1 atom stereocenters. The Kier molecular flexibility index (Phi) is 7.64. The normalized spacial score (nSPS) is 11.8. The molecule has 19 heavy (non-hydrogen) atoms. The maximum absolute atomic E-state index is 8.91. The molecule has 0 spiro atoms. The third-order valence-corrected chi connectivity index (χ3v) is 2.89. The van der Waals surface area contributed by atoms with Gasteiger partial charge in [0.15, 0.2) is 6.61 Å². The molecule has 0 saturated carbocycles. The molecule has 1 aromatic carbocycles.